The summed E-state index contributed by atoms with van der Waals surface area (Å²) in [4.78, 5) is 22.3. The molecule has 0 heterocycles. The van der Waals surface area contributed by atoms with Crippen LogP contribution in [0.5, 0.6) is 11.5 Å². The van der Waals surface area contributed by atoms with Gasteiger partial charge in [-0.2, -0.15) is 8.78 Å². The number of nitrogens with one attached hydrogen (secondary N) is 1. The SMILES string of the molecule is COC(=O)C(=O)NCc1ccc(OC(F)F)c(OCC2CC2)c1. The molecule has 1 aliphatic carbocycles. The van der Waals surface area contributed by atoms with Gasteiger partial charge in [-0.3, -0.25) is 4.79 Å². The van der Waals surface area contributed by atoms with Gasteiger partial charge in [-0.05, 0) is 36.5 Å². The molecule has 1 aromatic carbocycles. The molecule has 0 saturated heterocycles. The Labute approximate surface area is 131 Å². The van der Waals surface area contributed by atoms with Crippen molar-refractivity contribution in [3.8, 4) is 11.5 Å². The van der Waals surface area contributed by atoms with Gasteiger partial charge in [0.05, 0.1) is 13.7 Å². The Morgan fingerprint density at radius 2 is 2.04 bits per heavy atom. The van der Waals surface area contributed by atoms with E-state index in [-0.39, 0.29) is 18.0 Å². The topological polar surface area (TPSA) is 73.9 Å². The summed E-state index contributed by atoms with van der Waals surface area (Å²) in [5, 5.41) is 2.36. The quantitative estimate of drug-likeness (QED) is 0.611. The normalized spacial score (nSPS) is 13.6. The minimum Gasteiger partial charge on any atom is -0.489 e. The lowest BCUT2D eigenvalue weighted by Gasteiger charge is -2.13. The van der Waals surface area contributed by atoms with E-state index in [1.165, 1.54) is 18.2 Å². The zero-order valence-corrected chi connectivity index (χ0v) is 12.5. The van der Waals surface area contributed by atoms with Gasteiger partial charge >= 0.3 is 18.5 Å². The first kappa shape index (κ1) is 17.0. The van der Waals surface area contributed by atoms with Gasteiger partial charge in [0, 0.05) is 6.54 Å². The highest BCUT2D eigenvalue weighted by atomic mass is 19.3. The molecular formula is C15H17F2NO5. The van der Waals surface area contributed by atoms with Gasteiger partial charge in [0.25, 0.3) is 0 Å². The summed E-state index contributed by atoms with van der Waals surface area (Å²) in [6.45, 7) is -2.50. The average molecular weight is 329 g/mol. The van der Waals surface area contributed by atoms with Gasteiger partial charge in [-0.1, -0.05) is 6.07 Å². The molecule has 0 atom stereocenters. The number of amides is 1. The number of alkyl halides is 2. The van der Waals surface area contributed by atoms with E-state index in [0.717, 1.165) is 20.0 Å². The first-order valence-electron chi connectivity index (χ1n) is 7.06. The van der Waals surface area contributed by atoms with Crippen LogP contribution >= 0.6 is 0 Å². The average Bonchev–Trinajstić information content (AvgIpc) is 3.35. The van der Waals surface area contributed by atoms with Crippen LogP contribution in [0.4, 0.5) is 8.78 Å². The lowest BCUT2D eigenvalue weighted by atomic mass is 10.2. The van der Waals surface area contributed by atoms with Crippen molar-refractivity contribution in [1.29, 1.82) is 0 Å². The molecule has 8 heteroatoms. The molecule has 0 aliphatic heterocycles. The zero-order chi connectivity index (χ0) is 16.8. The Hall–Kier alpha value is -2.38. The van der Waals surface area contributed by atoms with E-state index in [1.807, 2.05) is 0 Å². The highest BCUT2D eigenvalue weighted by Gasteiger charge is 2.23. The second-order valence-corrected chi connectivity index (χ2v) is 5.09. The summed E-state index contributed by atoms with van der Waals surface area (Å²) >= 11 is 0. The van der Waals surface area contributed by atoms with Crippen LogP contribution < -0.4 is 14.8 Å². The second-order valence-electron chi connectivity index (χ2n) is 5.09. The Balaban J connectivity index is 2.02. The van der Waals surface area contributed by atoms with Crippen LogP contribution in [0.1, 0.15) is 18.4 Å². The van der Waals surface area contributed by atoms with Gasteiger partial charge < -0.3 is 19.5 Å². The summed E-state index contributed by atoms with van der Waals surface area (Å²) in [5.74, 6) is -1.34. The van der Waals surface area contributed by atoms with E-state index >= 15 is 0 Å². The minimum absolute atomic E-state index is 0.0304. The van der Waals surface area contributed by atoms with Gasteiger partial charge in [0.15, 0.2) is 11.5 Å². The van der Waals surface area contributed by atoms with Crippen LogP contribution in [0.2, 0.25) is 0 Å². The summed E-state index contributed by atoms with van der Waals surface area (Å²) in [5.41, 5.74) is 0.578. The standard InChI is InChI=1S/C15H17F2NO5/c1-21-14(20)13(19)18-7-10-4-5-11(23-15(16)17)12(6-10)22-8-9-2-3-9/h4-6,9,15H,2-3,7-8H2,1H3,(H,18,19). The molecule has 1 aliphatic rings. The van der Waals surface area contributed by atoms with E-state index < -0.39 is 18.5 Å². The fraction of sp³-hybridized carbons (Fsp3) is 0.467. The molecule has 0 unspecified atom stereocenters. The maximum absolute atomic E-state index is 12.4. The molecule has 0 aromatic heterocycles. The molecule has 1 N–H and O–H groups in total. The van der Waals surface area contributed by atoms with E-state index in [0.29, 0.717) is 18.1 Å². The Kier molecular flexibility index (Phi) is 5.72. The largest absolute Gasteiger partial charge is 0.489 e. The van der Waals surface area contributed by atoms with Crippen molar-refractivity contribution in [3.05, 3.63) is 23.8 Å². The maximum atomic E-state index is 12.4. The highest BCUT2D eigenvalue weighted by Crippen LogP contribution is 2.34. The fourth-order valence-corrected chi connectivity index (χ4v) is 1.81. The third kappa shape index (κ3) is 5.39. The van der Waals surface area contributed by atoms with Crippen LogP contribution in [-0.4, -0.2) is 32.2 Å². The molecule has 1 aromatic rings. The summed E-state index contributed by atoms with van der Waals surface area (Å²) in [7, 11) is 1.10. The van der Waals surface area contributed by atoms with E-state index in [1.54, 1.807) is 0 Å². The number of methoxy groups -OCH3 is 1. The molecule has 0 spiro atoms. The van der Waals surface area contributed by atoms with Crippen LogP contribution in [0.15, 0.2) is 18.2 Å². The predicted molar refractivity (Wildman–Crippen MR) is 75.2 cm³/mol. The van der Waals surface area contributed by atoms with Crippen LogP contribution in [0, 0.1) is 5.92 Å². The molecule has 1 amide bonds. The van der Waals surface area contributed by atoms with Crippen LogP contribution in [0.3, 0.4) is 0 Å². The first-order chi connectivity index (χ1) is 11.0. The number of halogens is 2. The number of ether oxygens (including phenoxy) is 3. The molecule has 0 radical (unpaired) electrons. The van der Waals surface area contributed by atoms with Gasteiger partial charge in [-0.15, -0.1) is 0 Å². The van der Waals surface area contributed by atoms with Gasteiger partial charge in [0.2, 0.25) is 0 Å². The summed E-state index contributed by atoms with van der Waals surface area (Å²) < 4.78 is 39.0. The molecule has 0 bridgehead atoms. The number of hydrogen-bond donors (Lipinski definition) is 1. The molecule has 6 nitrogen and oxygen atoms in total. The summed E-state index contributed by atoms with van der Waals surface area (Å²) in [6.07, 6.45) is 2.11. The minimum atomic E-state index is -2.96. The Morgan fingerprint density at radius 1 is 1.30 bits per heavy atom. The number of carbonyl (C=O) groups excluding carboxylic acids is 2. The zero-order valence-electron chi connectivity index (χ0n) is 12.5. The number of benzene rings is 1. The van der Waals surface area contributed by atoms with Crippen molar-refractivity contribution >= 4 is 11.9 Å². The van der Waals surface area contributed by atoms with Crippen molar-refractivity contribution in [2.45, 2.75) is 26.0 Å². The van der Waals surface area contributed by atoms with Crippen LogP contribution in [-0.2, 0) is 20.9 Å². The number of rotatable bonds is 7. The molecule has 1 saturated carbocycles. The second kappa shape index (κ2) is 7.75. The Bertz CT molecular complexity index is 575. The van der Waals surface area contributed by atoms with Crippen molar-refractivity contribution in [2.75, 3.05) is 13.7 Å². The van der Waals surface area contributed by atoms with E-state index in [9.17, 15) is 18.4 Å². The monoisotopic (exact) mass is 329 g/mol. The molecule has 1 fully saturated rings. The number of carbonyl (C=O) groups is 2. The smallest absolute Gasteiger partial charge is 0.396 e. The molecule has 126 valence electrons. The lowest BCUT2D eigenvalue weighted by molar-refractivity contribution is -0.152. The first-order valence-corrected chi connectivity index (χ1v) is 7.06. The van der Waals surface area contributed by atoms with Crippen LogP contribution in [0.25, 0.3) is 0 Å². The Morgan fingerprint density at radius 3 is 2.65 bits per heavy atom. The molecular weight excluding hydrogens is 312 g/mol. The molecule has 23 heavy (non-hydrogen) atoms. The van der Waals surface area contributed by atoms with E-state index in [4.69, 9.17) is 4.74 Å². The summed E-state index contributed by atoms with van der Waals surface area (Å²) in [6, 6.07) is 4.34. The third-order valence-electron chi connectivity index (χ3n) is 3.22. The third-order valence-corrected chi connectivity index (χ3v) is 3.22. The van der Waals surface area contributed by atoms with Crippen molar-refractivity contribution in [1.82, 2.24) is 5.32 Å². The number of hydrogen-bond acceptors (Lipinski definition) is 5. The van der Waals surface area contributed by atoms with E-state index in [2.05, 4.69) is 14.8 Å². The lowest BCUT2D eigenvalue weighted by Crippen LogP contribution is -2.31. The predicted octanol–water partition coefficient (Wildman–Crippen LogP) is 1.87. The van der Waals surface area contributed by atoms with Crippen molar-refractivity contribution in [3.63, 3.8) is 0 Å². The van der Waals surface area contributed by atoms with Gasteiger partial charge in [-0.25, -0.2) is 4.79 Å². The van der Waals surface area contributed by atoms with Gasteiger partial charge in [0.1, 0.15) is 0 Å². The van der Waals surface area contributed by atoms with Crippen molar-refractivity contribution in [2.24, 2.45) is 5.92 Å². The maximum Gasteiger partial charge on any atom is 0.396 e. The number of esters is 1. The fourth-order valence-electron chi connectivity index (χ4n) is 1.81. The highest BCUT2D eigenvalue weighted by molar-refractivity contribution is 6.32. The van der Waals surface area contributed by atoms with Crippen molar-refractivity contribution < 1.29 is 32.6 Å². The molecule has 2 rings (SSSR count).